The summed E-state index contributed by atoms with van der Waals surface area (Å²) in [5.74, 6) is 0.852. The summed E-state index contributed by atoms with van der Waals surface area (Å²) in [6.45, 7) is 5.83. The van der Waals surface area contributed by atoms with Crippen LogP contribution in [0.2, 0.25) is 0 Å². The lowest BCUT2D eigenvalue weighted by Crippen LogP contribution is -2.37. The third-order valence-electron chi connectivity index (χ3n) is 5.49. The van der Waals surface area contributed by atoms with Crippen molar-refractivity contribution in [3.63, 3.8) is 0 Å². The van der Waals surface area contributed by atoms with Crippen LogP contribution in [0, 0.1) is 5.92 Å². The van der Waals surface area contributed by atoms with Gasteiger partial charge < -0.3 is 4.90 Å². The third-order valence-corrected chi connectivity index (χ3v) is 5.49. The number of hydrogen-bond acceptors (Lipinski definition) is 1. The lowest BCUT2D eigenvalue weighted by molar-refractivity contribution is 0.443. The molecule has 2 aromatic carbocycles. The molecule has 0 aliphatic heterocycles. The van der Waals surface area contributed by atoms with Gasteiger partial charge in [-0.05, 0) is 48.4 Å². The highest BCUT2D eigenvalue weighted by Gasteiger charge is 2.27. The highest BCUT2D eigenvalue weighted by Crippen LogP contribution is 2.29. The maximum Gasteiger partial charge on any atom is 0.0370 e. The van der Waals surface area contributed by atoms with Crippen LogP contribution < -0.4 is 4.90 Å². The Morgan fingerprint density at radius 1 is 0.870 bits per heavy atom. The molecule has 0 N–H and O–H groups in total. The first-order valence-electron chi connectivity index (χ1n) is 9.20. The molecule has 1 nitrogen and oxygen atoms in total. The minimum absolute atomic E-state index is 0.615. The zero-order valence-electron chi connectivity index (χ0n) is 14.5. The molecule has 0 amide bonds. The first kappa shape index (κ1) is 16.1. The van der Waals surface area contributed by atoms with E-state index >= 15 is 0 Å². The Bertz CT molecular complexity index is 575. The van der Waals surface area contributed by atoms with E-state index in [0.717, 1.165) is 5.92 Å². The van der Waals surface area contributed by atoms with Gasteiger partial charge in [-0.15, -0.1) is 0 Å². The molecule has 0 aromatic heterocycles. The average molecular weight is 307 g/mol. The number of anilines is 1. The summed E-state index contributed by atoms with van der Waals surface area (Å²) in [5.41, 5.74) is 4.47. The standard InChI is InChI=1S/C22H29N/c1-3-18(4-2)14-15-23(21-12-6-5-7-13-21)22-16-19-10-8-9-11-20(19)17-22/h5-13,18,22H,3-4,14-17H2,1-2H3. The first-order valence-corrected chi connectivity index (χ1v) is 9.20. The van der Waals surface area contributed by atoms with Gasteiger partial charge in [0.1, 0.15) is 0 Å². The molecule has 0 atom stereocenters. The van der Waals surface area contributed by atoms with Crippen molar-refractivity contribution in [2.45, 2.75) is 52.0 Å². The van der Waals surface area contributed by atoms with Crippen molar-refractivity contribution in [3.8, 4) is 0 Å². The quantitative estimate of drug-likeness (QED) is 0.654. The summed E-state index contributed by atoms with van der Waals surface area (Å²) in [6.07, 6.45) is 6.27. The average Bonchev–Trinajstić information content (AvgIpc) is 3.03. The monoisotopic (exact) mass is 307 g/mol. The fraction of sp³-hybridized carbons (Fsp3) is 0.455. The smallest absolute Gasteiger partial charge is 0.0370 e. The molecular weight excluding hydrogens is 278 g/mol. The first-order chi connectivity index (χ1) is 11.3. The van der Waals surface area contributed by atoms with Gasteiger partial charge in [-0.1, -0.05) is 69.2 Å². The van der Waals surface area contributed by atoms with Gasteiger partial charge in [0.05, 0.1) is 0 Å². The Hall–Kier alpha value is -1.76. The highest BCUT2D eigenvalue weighted by molar-refractivity contribution is 5.49. The zero-order valence-corrected chi connectivity index (χ0v) is 14.5. The van der Waals surface area contributed by atoms with E-state index in [9.17, 15) is 0 Å². The molecule has 23 heavy (non-hydrogen) atoms. The van der Waals surface area contributed by atoms with Crippen molar-refractivity contribution in [2.24, 2.45) is 5.92 Å². The molecule has 1 heteroatoms. The Labute approximate surface area is 141 Å². The molecule has 0 bridgehead atoms. The summed E-state index contributed by atoms with van der Waals surface area (Å²) < 4.78 is 0. The van der Waals surface area contributed by atoms with Gasteiger partial charge >= 0.3 is 0 Å². The number of rotatable bonds is 7. The largest absolute Gasteiger partial charge is 0.368 e. The van der Waals surface area contributed by atoms with Crippen LogP contribution in [0.15, 0.2) is 54.6 Å². The van der Waals surface area contributed by atoms with E-state index in [4.69, 9.17) is 0 Å². The SMILES string of the molecule is CCC(CC)CCN(c1ccccc1)C1Cc2ccccc2C1. The number of fused-ring (bicyclic) bond motifs is 1. The Morgan fingerprint density at radius 3 is 2.00 bits per heavy atom. The van der Waals surface area contributed by atoms with Crippen LogP contribution in [-0.4, -0.2) is 12.6 Å². The van der Waals surface area contributed by atoms with Gasteiger partial charge in [0.25, 0.3) is 0 Å². The molecule has 1 aliphatic rings. The van der Waals surface area contributed by atoms with E-state index in [-0.39, 0.29) is 0 Å². The summed E-state index contributed by atoms with van der Waals surface area (Å²) in [7, 11) is 0. The molecule has 2 aromatic rings. The molecule has 0 spiro atoms. The van der Waals surface area contributed by atoms with Crippen molar-refractivity contribution < 1.29 is 0 Å². The summed E-state index contributed by atoms with van der Waals surface area (Å²) in [5, 5.41) is 0. The number of para-hydroxylation sites is 1. The minimum Gasteiger partial charge on any atom is -0.368 e. The van der Waals surface area contributed by atoms with Gasteiger partial charge in [-0.2, -0.15) is 0 Å². The Kier molecular flexibility index (Phi) is 5.38. The van der Waals surface area contributed by atoms with Gasteiger partial charge in [-0.3, -0.25) is 0 Å². The van der Waals surface area contributed by atoms with E-state index in [1.807, 2.05) is 0 Å². The highest BCUT2D eigenvalue weighted by atomic mass is 15.2. The van der Waals surface area contributed by atoms with Crippen molar-refractivity contribution in [1.29, 1.82) is 0 Å². The normalized spacial score (nSPS) is 14.2. The van der Waals surface area contributed by atoms with Crippen LogP contribution in [0.4, 0.5) is 5.69 Å². The second kappa shape index (κ2) is 7.68. The summed E-state index contributed by atoms with van der Waals surface area (Å²) >= 11 is 0. The lowest BCUT2D eigenvalue weighted by Gasteiger charge is -2.32. The Morgan fingerprint density at radius 2 is 1.43 bits per heavy atom. The van der Waals surface area contributed by atoms with Gasteiger partial charge in [-0.25, -0.2) is 0 Å². The van der Waals surface area contributed by atoms with E-state index in [2.05, 4.69) is 73.3 Å². The van der Waals surface area contributed by atoms with E-state index in [1.54, 1.807) is 11.1 Å². The number of nitrogens with zero attached hydrogens (tertiary/aromatic N) is 1. The molecule has 0 saturated heterocycles. The Balaban J connectivity index is 1.76. The third kappa shape index (κ3) is 3.77. The summed E-state index contributed by atoms with van der Waals surface area (Å²) in [6, 6.07) is 20.6. The van der Waals surface area contributed by atoms with Crippen LogP contribution >= 0.6 is 0 Å². The van der Waals surface area contributed by atoms with Crippen LogP contribution in [0.3, 0.4) is 0 Å². The molecule has 0 heterocycles. The maximum absolute atomic E-state index is 2.66. The topological polar surface area (TPSA) is 3.24 Å². The van der Waals surface area contributed by atoms with E-state index < -0.39 is 0 Å². The zero-order chi connectivity index (χ0) is 16.1. The predicted octanol–water partition coefficient (Wildman–Crippen LogP) is 5.49. The molecule has 3 rings (SSSR count). The van der Waals surface area contributed by atoms with Crippen LogP contribution in [-0.2, 0) is 12.8 Å². The molecule has 0 fully saturated rings. The molecule has 122 valence electrons. The maximum atomic E-state index is 2.66. The second-order valence-electron chi connectivity index (χ2n) is 6.83. The van der Waals surface area contributed by atoms with Crippen LogP contribution in [0.5, 0.6) is 0 Å². The van der Waals surface area contributed by atoms with Crippen molar-refractivity contribution in [2.75, 3.05) is 11.4 Å². The van der Waals surface area contributed by atoms with Crippen molar-refractivity contribution in [3.05, 3.63) is 65.7 Å². The van der Waals surface area contributed by atoms with E-state index in [1.165, 1.54) is 44.3 Å². The van der Waals surface area contributed by atoms with Crippen molar-refractivity contribution in [1.82, 2.24) is 0 Å². The molecule has 1 aliphatic carbocycles. The van der Waals surface area contributed by atoms with E-state index in [0.29, 0.717) is 6.04 Å². The van der Waals surface area contributed by atoms with Gasteiger partial charge in [0, 0.05) is 18.3 Å². The molecule has 0 unspecified atom stereocenters. The van der Waals surface area contributed by atoms with Crippen molar-refractivity contribution >= 4 is 5.69 Å². The lowest BCUT2D eigenvalue weighted by atomic mass is 9.98. The minimum atomic E-state index is 0.615. The summed E-state index contributed by atoms with van der Waals surface area (Å²) in [4.78, 5) is 2.66. The second-order valence-corrected chi connectivity index (χ2v) is 6.83. The fourth-order valence-electron chi connectivity index (χ4n) is 3.92. The number of hydrogen-bond donors (Lipinski definition) is 0. The molecule has 0 saturated carbocycles. The van der Waals surface area contributed by atoms with Gasteiger partial charge in [0.15, 0.2) is 0 Å². The molecule has 0 radical (unpaired) electrons. The van der Waals surface area contributed by atoms with Crippen LogP contribution in [0.25, 0.3) is 0 Å². The molecular formula is C22H29N. The van der Waals surface area contributed by atoms with Gasteiger partial charge in [0.2, 0.25) is 0 Å². The fourth-order valence-corrected chi connectivity index (χ4v) is 3.92. The van der Waals surface area contributed by atoms with Crippen LogP contribution in [0.1, 0.15) is 44.2 Å². The predicted molar refractivity (Wildman–Crippen MR) is 100 cm³/mol. The number of benzene rings is 2.